The molecule has 1 amide bonds. The van der Waals surface area contributed by atoms with E-state index in [0.717, 1.165) is 33.2 Å². The van der Waals surface area contributed by atoms with Crippen molar-refractivity contribution in [3.8, 4) is 17.0 Å². The van der Waals surface area contributed by atoms with E-state index < -0.39 is 0 Å². The second kappa shape index (κ2) is 7.44. The highest BCUT2D eigenvalue weighted by Crippen LogP contribution is 2.31. The Kier molecular flexibility index (Phi) is 4.83. The zero-order valence-electron chi connectivity index (χ0n) is 15.9. The maximum atomic E-state index is 12.6. The molecule has 0 atom stereocenters. The third kappa shape index (κ3) is 3.48. The monoisotopic (exact) mass is 392 g/mol. The van der Waals surface area contributed by atoms with Crippen LogP contribution in [0.2, 0.25) is 0 Å². The van der Waals surface area contributed by atoms with Gasteiger partial charge in [-0.25, -0.2) is 9.97 Å². The quantitative estimate of drug-likeness (QED) is 0.533. The van der Waals surface area contributed by atoms with Gasteiger partial charge in [0, 0.05) is 22.3 Å². The molecule has 0 saturated carbocycles. The predicted octanol–water partition coefficient (Wildman–Crippen LogP) is 4.73. The largest absolute Gasteiger partial charge is 0.494 e. The standard InChI is InChI=1S/C21H20N4O2S/c1-4-27-16-10-8-15(9-11-16)19-14(3)28-21(23-19)24-20(26)17-12-25-13(2)6-5-7-18(25)22-17/h5-12H,4H2,1-3H3,(H,23,24,26). The fourth-order valence-electron chi connectivity index (χ4n) is 3.01. The highest BCUT2D eigenvalue weighted by atomic mass is 32.1. The van der Waals surface area contributed by atoms with E-state index in [9.17, 15) is 4.79 Å². The summed E-state index contributed by atoms with van der Waals surface area (Å²) in [5.74, 6) is 0.560. The lowest BCUT2D eigenvalue weighted by Gasteiger charge is -2.04. The number of hydrogen-bond acceptors (Lipinski definition) is 5. The van der Waals surface area contributed by atoms with Crippen LogP contribution in [-0.4, -0.2) is 26.9 Å². The Morgan fingerprint density at radius 2 is 1.93 bits per heavy atom. The van der Waals surface area contributed by atoms with Gasteiger partial charge in [0.25, 0.3) is 5.91 Å². The van der Waals surface area contributed by atoms with Crippen LogP contribution in [0.15, 0.2) is 48.7 Å². The van der Waals surface area contributed by atoms with E-state index in [1.807, 2.05) is 67.6 Å². The SMILES string of the molecule is CCOc1ccc(-c2nc(NC(=O)c3cn4c(C)cccc4n3)sc2C)cc1. The van der Waals surface area contributed by atoms with Crippen LogP contribution in [-0.2, 0) is 0 Å². The second-order valence-electron chi connectivity index (χ2n) is 6.36. The Labute approximate surface area is 166 Å². The van der Waals surface area contributed by atoms with Crippen LogP contribution in [0.1, 0.15) is 28.0 Å². The minimum atomic E-state index is -0.268. The number of anilines is 1. The number of ether oxygens (including phenoxy) is 1. The van der Waals surface area contributed by atoms with Crippen molar-refractivity contribution < 1.29 is 9.53 Å². The van der Waals surface area contributed by atoms with Gasteiger partial charge in [-0.1, -0.05) is 6.07 Å². The van der Waals surface area contributed by atoms with Crippen molar-refractivity contribution in [2.24, 2.45) is 0 Å². The molecule has 1 aromatic carbocycles. The number of aryl methyl sites for hydroxylation is 2. The molecule has 0 radical (unpaired) electrons. The summed E-state index contributed by atoms with van der Waals surface area (Å²) in [6, 6.07) is 13.6. The minimum absolute atomic E-state index is 0.268. The smallest absolute Gasteiger partial charge is 0.277 e. The number of fused-ring (bicyclic) bond motifs is 1. The molecule has 7 heteroatoms. The molecule has 4 rings (SSSR count). The first-order chi connectivity index (χ1) is 13.5. The van der Waals surface area contributed by atoms with Crippen LogP contribution in [0.3, 0.4) is 0 Å². The number of hydrogen-bond donors (Lipinski definition) is 1. The average molecular weight is 392 g/mol. The van der Waals surface area contributed by atoms with Crippen LogP contribution in [0.5, 0.6) is 5.75 Å². The van der Waals surface area contributed by atoms with Crippen LogP contribution in [0.25, 0.3) is 16.9 Å². The molecule has 0 aliphatic heterocycles. The number of amides is 1. The van der Waals surface area contributed by atoms with Crippen LogP contribution in [0.4, 0.5) is 5.13 Å². The third-order valence-electron chi connectivity index (χ3n) is 4.38. The number of nitrogens with zero attached hydrogens (tertiary/aromatic N) is 3. The van der Waals surface area contributed by atoms with E-state index in [0.29, 0.717) is 17.4 Å². The normalized spacial score (nSPS) is 11.0. The van der Waals surface area contributed by atoms with Gasteiger partial charge in [-0.2, -0.15) is 0 Å². The molecule has 0 fully saturated rings. The van der Waals surface area contributed by atoms with Gasteiger partial charge in [-0.05, 0) is 57.2 Å². The van der Waals surface area contributed by atoms with E-state index in [1.54, 1.807) is 6.20 Å². The van der Waals surface area contributed by atoms with Crippen molar-refractivity contribution in [2.75, 3.05) is 11.9 Å². The number of nitrogens with one attached hydrogen (secondary N) is 1. The number of carbonyl (C=O) groups is 1. The number of imidazole rings is 1. The molecule has 0 saturated heterocycles. The molecule has 1 N–H and O–H groups in total. The van der Waals surface area contributed by atoms with Crippen molar-refractivity contribution in [2.45, 2.75) is 20.8 Å². The summed E-state index contributed by atoms with van der Waals surface area (Å²) in [5.41, 5.74) is 3.97. The number of thiazole rings is 1. The highest BCUT2D eigenvalue weighted by Gasteiger charge is 2.16. The maximum Gasteiger partial charge on any atom is 0.277 e. The summed E-state index contributed by atoms with van der Waals surface area (Å²) in [7, 11) is 0. The lowest BCUT2D eigenvalue weighted by Crippen LogP contribution is -2.12. The Balaban J connectivity index is 1.56. The van der Waals surface area contributed by atoms with Gasteiger partial charge in [0.1, 0.15) is 17.1 Å². The van der Waals surface area contributed by atoms with E-state index >= 15 is 0 Å². The van der Waals surface area contributed by atoms with E-state index in [2.05, 4.69) is 15.3 Å². The fourth-order valence-corrected chi connectivity index (χ4v) is 3.84. The summed E-state index contributed by atoms with van der Waals surface area (Å²) < 4.78 is 7.38. The molecule has 3 heterocycles. The molecule has 4 aromatic rings. The molecular formula is C21H20N4O2S. The molecule has 0 bridgehead atoms. The molecule has 0 unspecified atom stereocenters. The van der Waals surface area contributed by atoms with Crippen molar-refractivity contribution in [3.05, 3.63) is 64.9 Å². The van der Waals surface area contributed by atoms with Crippen LogP contribution >= 0.6 is 11.3 Å². The molecule has 0 aliphatic carbocycles. The number of rotatable bonds is 5. The van der Waals surface area contributed by atoms with Gasteiger partial charge in [0.2, 0.25) is 0 Å². The Bertz CT molecular complexity index is 1150. The molecule has 142 valence electrons. The van der Waals surface area contributed by atoms with Crippen molar-refractivity contribution in [1.29, 1.82) is 0 Å². The number of pyridine rings is 1. The Morgan fingerprint density at radius 3 is 2.64 bits per heavy atom. The molecule has 28 heavy (non-hydrogen) atoms. The molecular weight excluding hydrogens is 372 g/mol. The zero-order chi connectivity index (χ0) is 19.7. The topological polar surface area (TPSA) is 68.5 Å². The van der Waals surface area contributed by atoms with Gasteiger partial charge in [0.15, 0.2) is 5.13 Å². The average Bonchev–Trinajstić information content (AvgIpc) is 3.27. The zero-order valence-corrected chi connectivity index (χ0v) is 16.7. The van der Waals surface area contributed by atoms with E-state index in [1.165, 1.54) is 11.3 Å². The van der Waals surface area contributed by atoms with Crippen molar-refractivity contribution in [3.63, 3.8) is 0 Å². The van der Waals surface area contributed by atoms with Gasteiger partial charge >= 0.3 is 0 Å². The van der Waals surface area contributed by atoms with Gasteiger partial charge in [0.05, 0.1) is 12.3 Å². The van der Waals surface area contributed by atoms with Crippen molar-refractivity contribution >= 4 is 28.0 Å². The lowest BCUT2D eigenvalue weighted by atomic mass is 10.1. The summed E-state index contributed by atoms with van der Waals surface area (Å²) in [6.45, 7) is 6.56. The number of benzene rings is 1. The minimum Gasteiger partial charge on any atom is -0.494 e. The van der Waals surface area contributed by atoms with Crippen molar-refractivity contribution in [1.82, 2.24) is 14.4 Å². The summed E-state index contributed by atoms with van der Waals surface area (Å²) in [4.78, 5) is 22.7. The summed E-state index contributed by atoms with van der Waals surface area (Å²) >= 11 is 1.45. The van der Waals surface area contributed by atoms with E-state index in [4.69, 9.17) is 4.74 Å². The van der Waals surface area contributed by atoms with Gasteiger partial charge in [-0.3, -0.25) is 10.1 Å². The first kappa shape index (κ1) is 18.2. The number of aromatic nitrogens is 3. The molecule has 0 spiro atoms. The van der Waals surface area contributed by atoms with Crippen LogP contribution < -0.4 is 10.1 Å². The first-order valence-corrected chi connectivity index (χ1v) is 9.83. The summed E-state index contributed by atoms with van der Waals surface area (Å²) in [6.07, 6.45) is 1.74. The van der Waals surface area contributed by atoms with Gasteiger partial charge in [-0.15, -0.1) is 11.3 Å². The third-order valence-corrected chi connectivity index (χ3v) is 5.27. The maximum absolute atomic E-state index is 12.6. The molecule has 3 aromatic heterocycles. The Hall–Kier alpha value is -3.19. The van der Waals surface area contributed by atoms with Gasteiger partial charge < -0.3 is 9.14 Å². The van der Waals surface area contributed by atoms with E-state index in [-0.39, 0.29) is 5.91 Å². The Morgan fingerprint density at radius 1 is 1.14 bits per heavy atom. The predicted molar refractivity (Wildman–Crippen MR) is 111 cm³/mol. The summed E-state index contributed by atoms with van der Waals surface area (Å²) in [5, 5.41) is 3.42. The first-order valence-electron chi connectivity index (χ1n) is 9.02. The molecule has 6 nitrogen and oxygen atoms in total. The van der Waals surface area contributed by atoms with Crippen LogP contribution in [0, 0.1) is 13.8 Å². The fraction of sp³-hybridized carbons (Fsp3) is 0.190. The lowest BCUT2D eigenvalue weighted by molar-refractivity contribution is 0.102. The second-order valence-corrected chi connectivity index (χ2v) is 7.56. The number of carbonyl (C=O) groups excluding carboxylic acids is 1. The molecule has 0 aliphatic rings. The highest BCUT2D eigenvalue weighted by molar-refractivity contribution is 7.16.